The molecule has 0 aromatic heterocycles. The van der Waals surface area contributed by atoms with Crippen LogP contribution in [-0.4, -0.2) is 54.5 Å². The molecular formula is C13H19N3O3. The lowest BCUT2D eigenvalue weighted by atomic mass is 10.1. The van der Waals surface area contributed by atoms with Gasteiger partial charge in [0.1, 0.15) is 0 Å². The van der Waals surface area contributed by atoms with Gasteiger partial charge in [-0.15, -0.1) is 0 Å². The zero-order chi connectivity index (χ0) is 14.6. The molecule has 0 atom stereocenters. The Labute approximate surface area is 112 Å². The number of carboxylic acids is 1. The predicted octanol–water partition coefficient (Wildman–Crippen LogP) is 0.487. The summed E-state index contributed by atoms with van der Waals surface area (Å²) < 4.78 is 0. The Bertz CT molecular complexity index is 486. The maximum absolute atomic E-state index is 11.6. The molecule has 0 bridgehead atoms. The largest absolute Gasteiger partial charge is 0.478 e. The highest BCUT2D eigenvalue weighted by atomic mass is 16.4. The Balaban J connectivity index is 2.85. The Morgan fingerprint density at radius 2 is 1.89 bits per heavy atom. The molecule has 19 heavy (non-hydrogen) atoms. The number of carbonyl (C=O) groups excluding carboxylic acids is 1. The van der Waals surface area contributed by atoms with E-state index >= 15 is 0 Å². The number of rotatable bonds is 5. The lowest BCUT2D eigenvalue weighted by Gasteiger charge is -2.20. The van der Waals surface area contributed by atoms with Crippen LogP contribution in [0.3, 0.4) is 0 Å². The van der Waals surface area contributed by atoms with E-state index < -0.39 is 5.97 Å². The zero-order valence-electron chi connectivity index (χ0n) is 11.4. The van der Waals surface area contributed by atoms with Crippen LogP contribution in [0, 0.1) is 0 Å². The van der Waals surface area contributed by atoms with Gasteiger partial charge in [0, 0.05) is 26.3 Å². The highest BCUT2D eigenvalue weighted by Crippen LogP contribution is 2.18. The van der Waals surface area contributed by atoms with Gasteiger partial charge < -0.3 is 15.7 Å². The highest BCUT2D eigenvalue weighted by molar-refractivity contribution is 5.95. The number of carboxylic acid groups (broad SMARTS) is 1. The summed E-state index contributed by atoms with van der Waals surface area (Å²) >= 11 is 0. The van der Waals surface area contributed by atoms with E-state index in [0.29, 0.717) is 12.1 Å². The summed E-state index contributed by atoms with van der Waals surface area (Å²) in [6.45, 7) is 0.576. The van der Waals surface area contributed by atoms with Crippen molar-refractivity contribution >= 4 is 17.6 Å². The van der Waals surface area contributed by atoms with Crippen molar-refractivity contribution in [3.63, 3.8) is 0 Å². The predicted molar refractivity (Wildman–Crippen MR) is 72.8 cm³/mol. The van der Waals surface area contributed by atoms with Crippen molar-refractivity contribution in [1.29, 1.82) is 0 Å². The van der Waals surface area contributed by atoms with E-state index in [1.54, 1.807) is 44.2 Å². The van der Waals surface area contributed by atoms with E-state index in [2.05, 4.69) is 0 Å². The van der Waals surface area contributed by atoms with Crippen LogP contribution >= 0.6 is 0 Å². The molecule has 0 aliphatic heterocycles. The quantitative estimate of drug-likeness (QED) is 0.756. The van der Waals surface area contributed by atoms with E-state index in [-0.39, 0.29) is 23.7 Å². The summed E-state index contributed by atoms with van der Waals surface area (Å²) in [7, 11) is 5.12. The van der Waals surface area contributed by atoms with Gasteiger partial charge in [-0.3, -0.25) is 9.69 Å². The summed E-state index contributed by atoms with van der Waals surface area (Å²) in [4.78, 5) is 26.0. The highest BCUT2D eigenvalue weighted by Gasteiger charge is 2.16. The number of aromatic carboxylic acids is 1. The van der Waals surface area contributed by atoms with Crippen LogP contribution in [0.1, 0.15) is 15.9 Å². The van der Waals surface area contributed by atoms with Gasteiger partial charge in [0.2, 0.25) is 5.91 Å². The molecule has 0 heterocycles. The van der Waals surface area contributed by atoms with E-state index in [4.69, 9.17) is 10.8 Å². The number of carbonyl (C=O) groups is 2. The normalized spacial score (nSPS) is 10.5. The van der Waals surface area contributed by atoms with Gasteiger partial charge in [0.15, 0.2) is 0 Å². The van der Waals surface area contributed by atoms with Crippen LogP contribution in [-0.2, 0) is 11.3 Å². The van der Waals surface area contributed by atoms with E-state index in [1.807, 2.05) is 0 Å². The fraction of sp³-hybridized carbons (Fsp3) is 0.385. The third-order valence-corrected chi connectivity index (χ3v) is 2.74. The van der Waals surface area contributed by atoms with Crippen molar-refractivity contribution in [3.8, 4) is 0 Å². The first kappa shape index (κ1) is 15.0. The molecule has 0 fully saturated rings. The number of nitrogens with two attached hydrogens (primary N) is 1. The van der Waals surface area contributed by atoms with Crippen LogP contribution in [0.2, 0.25) is 0 Å². The third-order valence-electron chi connectivity index (χ3n) is 2.74. The van der Waals surface area contributed by atoms with Gasteiger partial charge in [-0.05, 0) is 18.7 Å². The minimum absolute atomic E-state index is 0.0386. The van der Waals surface area contributed by atoms with Gasteiger partial charge in [-0.25, -0.2) is 4.79 Å². The van der Waals surface area contributed by atoms with Gasteiger partial charge >= 0.3 is 5.97 Å². The molecule has 1 aromatic carbocycles. The number of hydrogen-bond acceptors (Lipinski definition) is 4. The van der Waals surface area contributed by atoms with Crippen molar-refractivity contribution in [3.05, 3.63) is 29.3 Å². The minimum atomic E-state index is -1.06. The molecule has 0 aliphatic carbocycles. The molecule has 3 N–H and O–H groups in total. The number of benzene rings is 1. The van der Waals surface area contributed by atoms with Crippen LogP contribution < -0.4 is 5.73 Å². The minimum Gasteiger partial charge on any atom is -0.478 e. The maximum Gasteiger partial charge on any atom is 0.338 e. The first-order valence-electron chi connectivity index (χ1n) is 5.82. The maximum atomic E-state index is 11.6. The lowest BCUT2D eigenvalue weighted by molar-refractivity contribution is -0.129. The Kier molecular flexibility index (Phi) is 4.88. The van der Waals surface area contributed by atoms with Gasteiger partial charge in [0.05, 0.1) is 12.1 Å². The average Bonchev–Trinajstić information content (AvgIpc) is 2.27. The number of amides is 1. The second-order valence-corrected chi connectivity index (χ2v) is 4.65. The summed E-state index contributed by atoms with van der Waals surface area (Å²) in [6.07, 6.45) is 0. The zero-order valence-corrected chi connectivity index (χ0v) is 11.4. The average molecular weight is 265 g/mol. The van der Waals surface area contributed by atoms with Crippen LogP contribution in [0.5, 0.6) is 0 Å². The first-order chi connectivity index (χ1) is 8.82. The molecule has 0 aliphatic rings. The van der Waals surface area contributed by atoms with Crippen molar-refractivity contribution in [2.75, 3.05) is 33.4 Å². The van der Waals surface area contributed by atoms with Gasteiger partial charge in [-0.2, -0.15) is 0 Å². The standard InChI is InChI=1S/C13H19N3O3/c1-15(2)11(17)8-16(3)7-9-5-4-6-10(14)12(9)13(18)19/h4-6H,7-8,14H2,1-3H3,(H,18,19). The molecule has 1 rings (SSSR count). The van der Waals surface area contributed by atoms with E-state index in [0.717, 1.165) is 0 Å². The van der Waals surface area contributed by atoms with Gasteiger partial charge in [0.25, 0.3) is 0 Å². The fourth-order valence-electron chi connectivity index (χ4n) is 1.73. The Morgan fingerprint density at radius 1 is 1.26 bits per heavy atom. The first-order valence-corrected chi connectivity index (χ1v) is 5.82. The SMILES string of the molecule is CN(CC(=O)N(C)C)Cc1cccc(N)c1C(=O)O. The Hall–Kier alpha value is -2.08. The molecule has 0 saturated carbocycles. The lowest BCUT2D eigenvalue weighted by Crippen LogP contribution is -2.34. The monoisotopic (exact) mass is 265 g/mol. The van der Waals surface area contributed by atoms with Crippen molar-refractivity contribution < 1.29 is 14.7 Å². The summed E-state index contributed by atoms with van der Waals surface area (Å²) in [5, 5.41) is 9.16. The number of nitrogen functional groups attached to an aromatic ring is 1. The molecular weight excluding hydrogens is 246 g/mol. The smallest absolute Gasteiger partial charge is 0.338 e. The molecule has 6 heteroatoms. The summed E-state index contributed by atoms with van der Waals surface area (Å²) in [5.41, 5.74) is 6.61. The summed E-state index contributed by atoms with van der Waals surface area (Å²) in [6, 6.07) is 4.97. The van der Waals surface area contributed by atoms with Crippen molar-refractivity contribution in [2.24, 2.45) is 0 Å². The summed E-state index contributed by atoms with van der Waals surface area (Å²) in [5.74, 6) is -1.09. The molecule has 6 nitrogen and oxygen atoms in total. The van der Waals surface area contributed by atoms with E-state index in [9.17, 15) is 9.59 Å². The molecule has 1 amide bonds. The number of hydrogen-bond donors (Lipinski definition) is 2. The van der Waals surface area contributed by atoms with E-state index in [1.165, 1.54) is 4.90 Å². The molecule has 0 unspecified atom stereocenters. The molecule has 0 radical (unpaired) electrons. The van der Waals surface area contributed by atoms with Crippen LogP contribution in [0.25, 0.3) is 0 Å². The van der Waals surface area contributed by atoms with Crippen LogP contribution in [0.4, 0.5) is 5.69 Å². The number of nitrogens with zero attached hydrogens (tertiary/aromatic N) is 2. The third kappa shape index (κ3) is 3.96. The van der Waals surface area contributed by atoms with Gasteiger partial charge in [-0.1, -0.05) is 12.1 Å². The molecule has 104 valence electrons. The molecule has 0 spiro atoms. The number of likely N-dealkylation sites (N-methyl/N-ethyl adjacent to an activating group) is 2. The Morgan fingerprint density at radius 3 is 2.42 bits per heavy atom. The number of anilines is 1. The topological polar surface area (TPSA) is 86.9 Å². The molecule has 0 saturated heterocycles. The second-order valence-electron chi connectivity index (χ2n) is 4.65. The van der Waals surface area contributed by atoms with Crippen molar-refractivity contribution in [1.82, 2.24) is 9.80 Å². The van der Waals surface area contributed by atoms with Crippen LogP contribution in [0.15, 0.2) is 18.2 Å². The second kappa shape index (κ2) is 6.19. The molecule has 1 aromatic rings. The fourth-order valence-corrected chi connectivity index (χ4v) is 1.73. The van der Waals surface area contributed by atoms with Crippen molar-refractivity contribution in [2.45, 2.75) is 6.54 Å².